The number of aryl methyl sites for hydroxylation is 2. The summed E-state index contributed by atoms with van der Waals surface area (Å²) in [5.41, 5.74) is 3.43. The lowest BCUT2D eigenvalue weighted by Crippen LogP contribution is -2.45. The van der Waals surface area contributed by atoms with E-state index in [4.69, 9.17) is 0 Å². The second-order valence-corrected chi connectivity index (χ2v) is 9.30. The summed E-state index contributed by atoms with van der Waals surface area (Å²) in [4.78, 5) is 15.2. The first-order valence-corrected chi connectivity index (χ1v) is 11.4. The molecular weight excluding hydrogens is 396 g/mol. The maximum atomic E-state index is 13.5. The molecule has 6 heteroatoms. The summed E-state index contributed by atoms with van der Waals surface area (Å²) >= 11 is 0. The van der Waals surface area contributed by atoms with E-state index in [9.17, 15) is 13.2 Å². The summed E-state index contributed by atoms with van der Waals surface area (Å²) in [6.45, 7) is 2.24. The maximum absolute atomic E-state index is 13.5. The van der Waals surface area contributed by atoms with Crippen LogP contribution in [0.15, 0.2) is 83.8 Å². The summed E-state index contributed by atoms with van der Waals surface area (Å²) < 4.78 is 28.1. The van der Waals surface area contributed by atoms with E-state index < -0.39 is 10.0 Å². The Balaban J connectivity index is 1.70. The Morgan fingerprint density at radius 3 is 2.33 bits per heavy atom. The molecule has 0 aliphatic carbocycles. The minimum atomic E-state index is -3.90. The molecule has 1 heterocycles. The Bertz CT molecular complexity index is 1140. The minimum absolute atomic E-state index is 0.170. The van der Waals surface area contributed by atoms with E-state index in [0.717, 1.165) is 29.7 Å². The van der Waals surface area contributed by atoms with E-state index in [1.165, 1.54) is 4.31 Å². The average molecular weight is 421 g/mol. The Hall–Kier alpha value is -3.12. The lowest BCUT2D eigenvalue weighted by molar-refractivity contribution is -0.117. The van der Waals surface area contributed by atoms with Gasteiger partial charge >= 0.3 is 0 Å². The van der Waals surface area contributed by atoms with Crippen LogP contribution in [-0.2, 0) is 21.2 Å². The van der Waals surface area contributed by atoms with Gasteiger partial charge in [0.15, 0.2) is 0 Å². The third-order valence-electron chi connectivity index (χ3n) is 5.34. The number of anilines is 2. The molecule has 1 aliphatic heterocycles. The number of hydrogen-bond donors (Lipinski definition) is 0. The normalized spacial score (nSPS) is 13.6. The molecule has 1 amide bonds. The maximum Gasteiger partial charge on any atom is 0.264 e. The zero-order chi connectivity index (χ0) is 21.1. The summed E-state index contributed by atoms with van der Waals surface area (Å²) in [5.74, 6) is -0.235. The van der Waals surface area contributed by atoms with Gasteiger partial charge in [0.05, 0.1) is 10.6 Å². The molecule has 0 atom stereocenters. The second-order valence-electron chi connectivity index (χ2n) is 7.44. The van der Waals surface area contributed by atoms with Crippen LogP contribution in [-0.4, -0.2) is 27.4 Å². The average Bonchev–Trinajstić information content (AvgIpc) is 2.77. The fourth-order valence-electron chi connectivity index (χ4n) is 3.75. The molecule has 0 N–H and O–H groups in total. The van der Waals surface area contributed by atoms with E-state index >= 15 is 0 Å². The van der Waals surface area contributed by atoms with Crippen molar-refractivity contribution in [2.24, 2.45) is 0 Å². The van der Waals surface area contributed by atoms with Crippen LogP contribution < -0.4 is 9.21 Å². The molecule has 3 aromatic rings. The van der Waals surface area contributed by atoms with E-state index in [2.05, 4.69) is 0 Å². The lowest BCUT2D eigenvalue weighted by atomic mass is 10.0. The number of hydrogen-bond acceptors (Lipinski definition) is 3. The molecule has 0 saturated carbocycles. The number of carbonyl (C=O) groups excluding carboxylic acids is 1. The predicted molar refractivity (Wildman–Crippen MR) is 119 cm³/mol. The van der Waals surface area contributed by atoms with Crippen molar-refractivity contribution < 1.29 is 13.2 Å². The predicted octanol–water partition coefficient (Wildman–Crippen LogP) is 4.17. The van der Waals surface area contributed by atoms with Gasteiger partial charge in [0, 0.05) is 12.2 Å². The third-order valence-corrected chi connectivity index (χ3v) is 7.13. The van der Waals surface area contributed by atoms with Crippen LogP contribution in [0.5, 0.6) is 0 Å². The molecular formula is C24H24N2O3S. The number of para-hydroxylation sites is 2. The molecule has 154 valence electrons. The highest BCUT2D eigenvalue weighted by atomic mass is 32.2. The molecule has 0 radical (unpaired) electrons. The Labute approximate surface area is 177 Å². The van der Waals surface area contributed by atoms with Crippen LogP contribution in [0.2, 0.25) is 0 Å². The van der Waals surface area contributed by atoms with Gasteiger partial charge in [-0.15, -0.1) is 0 Å². The molecule has 3 aromatic carbocycles. The van der Waals surface area contributed by atoms with E-state index in [0.29, 0.717) is 12.2 Å². The quantitative estimate of drug-likeness (QED) is 0.622. The third kappa shape index (κ3) is 3.96. The number of benzene rings is 3. The van der Waals surface area contributed by atoms with E-state index in [-0.39, 0.29) is 17.3 Å². The van der Waals surface area contributed by atoms with Crippen LogP contribution in [0.3, 0.4) is 0 Å². The molecule has 0 fully saturated rings. The summed E-state index contributed by atoms with van der Waals surface area (Å²) in [7, 11) is -3.90. The van der Waals surface area contributed by atoms with E-state index in [1.54, 1.807) is 53.4 Å². The fourth-order valence-corrected chi connectivity index (χ4v) is 5.16. The largest absolute Gasteiger partial charge is 0.311 e. The fraction of sp³-hybridized carbons (Fsp3) is 0.208. The molecule has 4 rings (SSSR count). The molecule has 5 nitrogen and oxygen atoms in total. The van der Waals surface area contributed by atoms with Gasteiger partial charge in [0.25, 0.3) is 10.0 Å². The van der Waals surface area contributed by atoms with Crippen LogP contribution in [0.1, 0.15) is 17.5 Å². The monoisotopic (exact) mass is 420 g/mol. The number of sulfonamides is 1. The highest BCUT2D eigenvalue weighted by Crippen LogP contribution is 2.29. The highest BCUT2D eigenvalue weighted by Gasteiger charge is 2.30. The molecule has 0 aromatic heterocycles. The molecule has 0 saturated heterocycles. The van der Waals surface area contributed by atoms with Gasteiger partial charge in [-0.25, -0.2) is 8.42 Å². The van der Waals surface area contributed by atoms with Crippen molar-refractivity contribution in [3.05, 3.63) is 90.0 Å². The van der Waals surface area contributed by atoms with Crippen molar-refractivity contribution in [3.63, 3.8) is 0 Å². The zero-order valence-electron chi connectivity index (χ0n) is 16.9. The van der Waals surface area contributed by atoms with Gasteiger partial charge < -0.3 is 4.90 Å². The highest BCUT2D eigenvalue weighted by molar-refractivity contribution is 7.92. The van der Waals surface area contributed by atoms with Crippen molar-refractivity contribution in [1.82, 2.24) is 0 Å². The first-order chi connectivity index (χ1) is 14.5. The van der Waals surface area contributed by atoms with Crippen molar-refractivity contribution in [1.29, 1.82) is 0 Å². The van der Waals surface area contributed by atoms with Crippen molar-refractivity contribution >= 4 is 27.3 Å². The van der Waals surface area contributed by atoms with Crippen LogP contribution >= 0.6 is 0 Å². The van der Waals surface area contributed by atoms with Gasteiger partial charge in [-0.3, -0.25) is 9.10 Å². The van der Waals surface area contributed by atoms with Crippen molar-refractivity contribution in [2.75, 3.05) is 22.3 Å². The van der Waals surface area contributed by atoms with Crippen LogP contribution in [0.4, 0.5) is 11.4 Å². The van der Waals surface area contributed by atoms with Gasteiger partial charge in [-0.1, -0.05) is 54.1 Å². The summed E-state index contributed by atoms with van der Waals surface area (Å²) in [5, 5.41) is 0. The minimum Gasteiger partial charge on any atom is -0.311 e. The van der Waals surface area contributed by atoms with Gasteiger partial charge in [0.1, 0.15) is 6.54 Å². The topological polar surface area (TPSA) is 57.7 Å². The van der Waals surface area contributed by atoms with Gasteiger partial charge in [-0.05, 0) is 55.7 Å². The standard InChI is InChI=1S/C24H24N2O3S/c1-19-13-15-22(16-14-19)30(28,29)26(21-10-3-2-4-11-21)18-24(27)25-17-7-9-20-8-5-6-12-23(20)25/h2-6,8,10-16H,7,9,17-18H2,1H3. The van der Waals surface area contributed by atoms with Crippen LogP contribution in [0, 0.1) is 6.92 Å². The summed E-state index contributed by atoms with van der Waals surface area (Å²) in [6, 6.07) is 23.3. The number of nitrogens with zero attached hydrogens (tertiary/aromatic N) is 2. The Kier molecular flexibility index (Phi) is 5.59. The molecule has 0 spiro atoms. The SMILES string of the molecule is Cc1ccc(S(=O)(=O)N(CC(=O)N2CCCc3ccccc32)c2ccccc2)cc1. The first kappa shape index (κ1) is 20.2. The lowest BCUT2D eigenvalue weighted by Gasteiger charge is -2.32. The second kappa shape index (κ2) is 8.32. The Morgan fingerprint density at radius 2 is 1.60 bits per heavy atom. The molecule has 0 bridgehead atoms. The zero-order valence-corrected chi connectivity index (χ0v) is 17.7. The Morgan fingerprint density at radius 1 is 0.933 bits per heavy atom. The van der Waals surface area contributed by atoms with Crippen molar-refractivity contribution in [2.45, 2.75) is 24.7 Å². The van der Waals surface area contributed by atoms with Gasteiger partial charge in [-0.2, -0.15) is 0 Å². The molecule has 0 unspecified atom stereocenters. The number of fused-ring (bicyclic) bond motifs is 1. The van der Waals surface area contributed by atoms with Crippen LogP contribution in [0.25, 0.3) is 0 Å². The number of carbonyl (C=O) groups is 1. The molecule has 30 heavy (non-hydrogen) atoms. The van der Waals surface area contributed by atoms with Crippen molar-refractivity contribution in [3.8, 4) is 0 Å². The number of rotatable bonds is 5. The first-order valence-electron chi connectivity index (χ1n) is 9.99. The smallest absolute Gasteiger partial charge is 0.264 e. The van der Waals surface area contributed by atoms with E-state index in [1.807, 2.05) is 37.3 Å². The molecule has 1 aliphatic rings. The summed E-state index contributed by atoms with van der Waals surface area (Å²) in [6.07, 6.45) is 1.78. The number of amides is 1. The van der Waals surface area contributed by atoms with Gasteiger partial charge in [0.2, 0.25) is 5.91 Å².